The van der Waals surface area contributed by atoms with Crippen LogP contribution in [0.25, 0.3) is 10.8 Å². The van der Waals surface area contributed by atoms with Crippen LogP contribution < -0.4 is 24.8 Å². The van der Waals surface area contributed by atoms with Crippen LogP contribution in [0.15, 0.2) is 43.1 Å². The number of rotatable bonds is 14. The monoisotopic (exact) mass is 769 g/mol. The molecule has 3 aliphatic rings. The molecule has 1 saturated heterocycles. The first-order valence-corrected chi connectivity index (χ1v) is 19.7. The number of nitrogens with zero attached hydrogens (tertiary/aromatic N) is 2. The van der Waals surface area contributed by atoms with Crippen LogP contribution in [-0.4, -0.2) is 96.1 Å². The minimum absolute atomic E-state index is 0.0390. The van der Waals surface area contributed by atoms with Crippen molar-refractivity contribution in [3.8, 4) is 11.6 Å². The highest BCUT2D eigenvalue weighted by Crippen LogP contribution is 2.45. The molecule has 3 N–H and O–H groups in total. The van der Waals surface area contributed by atoms with Crippen molar-refractivity contribution >= 4 is 50.4 Å². The van der Waals surface area contributed by atoms with E-state index in [1.165, 1.54) is 11.0 Å². The fraction of sp³-hybridized carbons (Fsp3) is 0.579. The average Bonchev–Trinajstić information content (AvgIpc) is 4.01. The summed E-state index contributed by atoms with van der Waals surface area (Å²) in [7, 11) is -2.38. The highest BCUT2D eigenvalue weighted by molar-refractivity contribution is 7.91. The van der Waals surface area contributed by atoms with Gasteiger partial charge in [-0.2, -0.15) is 0 Å². The summed E-state index contributed by atoms with van der Waals surface area (Å²) < 4.78 is 44.7. The van der Waals surface area contributed by atoms with E-state index in [-0.39, 0.29) is 43.9 Å². The maximum absolute atomic E-state index is 14.5. The molecule has 1 aromatic heterocycles. The van der Waals surface area contributed by atoms with Gasteiger partial charge < -0.3 is 29.7 Å². The van der Waals surface area contributed by atoms with Gasteiger partial charge in [0.1, 0.15) is 40.9 Å². The molecule has 0 unspecified atom stereocenters. The molecular formula is C38H51N5O10S. The smallest absolute Gasteiger partial charge is 0.408 e. The second-order valence-corrected chi connectivity index (χ2v) is 18.2. The number of Topliss-reactive ketones (excluding diaryl/α,β-unsaturated/α-hetero) is 1. The number of methoxy groups -OCH3 is 1. The number of ether oxygens (including phenoxy) is 3. The molecule has 2 aliphatic carbocycles. The Bertz CT molecular complexity index is 1930. The highest BCUT2D eigenvalue weighted by Gasteiger charge is 2.62. The minimum Gasteiger partial charge on any atom is -0.497 e. The molecule has 54 heavy (non-hydrogen) atoms. The van der Waals surface area contributed by atoms with Gasteiger partial charge in [0, 0.05) is 35.8 Å². The molecule has 0 spiro atoms. The van der Waals surface area contributed by atoms with Crippen LogP contribution in [0.5, 0.6) is 11.6 Å². The lowest BCUT2D eigenvalue weighted by Crippen LogP contribution is -2.58. The summed E-state index contributed by atoms with van der Waals surface area (Å²) >= 11 is 0. The lowest BCUT2D eigenvalue weighted by atomic mass is 9.87. The van der Waals surface area contributed by atoms with Gasteiger partial charge >= 0.3 is 6.09 Å². The van der Waals surface area contributed by atoms with E-state index in [1.54, 1.807) is 73.0 Å². The molecule has 5 atom stereocenters. The van der Waals surface area contributed by atoms with Crippen LogP contribution in [0.1, 0.15) is 80.1 Å². The number of ketones is 1. The van der Waals surface area contributed by atoms with E-state index in [0.29, 0.717) is 24.0 Å². The van der Waals surface area contributed by atoms with Crippen LogP contribution in [0, 0.1) is 11.3 Å². The van der Waals surface area contributed by atoms with Crippen molar-refractivity contribution in [3.63, 3.8) is 0 Å². The van der Waals surface area contributed by atoms with E-state index in [2.05, 4.69) is 26.9 Å². The van der Waals surface area contributed by atoms with Gasteiger partial charge in [0.2, 0.25) is 27.7 Å². The Morgan fingerprint density at radius 3 is 2.39 bits per heavy atom. The molecule has 5 rings (SSSR count). The summed E-state index contributed by atoms with van der Waals surface area (Å²) in [6.45, 7) is 13.9. The van der Waals surface area contributed by atoms with Crippen molar-refractivity contribution in [2.75, 3.05) is 13.7 Å². The number of sulfonamides is 1. The first-order valence-electron chi connectivity index (χ1n) is 18.1. The number of aromatic nitrogens is 1. The van der Waals surface area contributed by atoms with Crippen molar-refractivity contribution in [2.45, 2.75) is 115 Å². The molecule has 2 saturated carbocycles. The summed E-state index contributed by atoms with van der Waals surface area (Å²) in [4.78, 5) is 74.0. The lowest BCUT2D eigenvalue weighted by Gasteiger charge is -2.30. The van der Waals surface area contributed by atoms with Crippen LogP contribution in [0.2, 0.25) is 0 Å². The molecule has 1 aromatic carbocycles. The number of fused-ring (bicyclic) bond motifs is 1. The van der Waals surface area contributed by atoms with E-state index < -0.39 is 79.7 Å². The largest absolute Gasteiger partial charge is 0.497 e. The predicted octanol–water partition coefficient (Wildman–Crippen LogP) is 3.55. The number of amides is 4. The molecule has 3 fully saturated rings. The number of hydrogen-bond acceptors (Lipinski definition) is 11. The number of likely N-dealkylation sites (tertiary alicyclic amines) is 1. The van der Waals surface area contributed by atoms with Crippen molar-refractivity contribution in [1.29, 1.82) is 0 Å². The van der Waals surface area contributed by atoms with E-state index in [4.69, 9.17) is 14.2 Å². The second kappa shape index (κ2) is 15.2. The first kappa shape index (κ1) is 40.5. The molecule has 2 aromatic rings. The van der Waals surface area contributed by atoms with Gasteiger partial charge in [-0.25, -0.2) is 18.2 Å². The normalized spacial score (nSPS) is 23.2. The van der Waals surface area contributed by atoms with Gasteiger partial charge in [-0.15, -0.1) is 6.58 Å². The molecule has 0 bridgehead atoms. The minimum atomic E-state index is -3.93. The molecule has 15 nitrogen and oxygen atoms in total. The van der Waals surface area contributed by atoms with E-state index >= 15 is 0 Å². The summed E-state index contributed by atoms with van der Waals surface area (Å²) in [5.41, 5.74) is -3.20. The summed E-state index contributed by atoms with van der Waals surface area (Å²) in [6, 6.07) is 4.64. The van der Waals surface area contributed by atoms with Crippen LogP contribution in [-0.2, 0) is 33.9 Å². The number of nitrogens with one attached hydrogen (secondary N) is 3. The van der Waals surface area contributed by atoms with Gasteiger partial charge in [0.15, 0.2) is 0 Å². The Morgan fingerprint density at radius 1 is 1.09 bits per heavy atom. The van der Waals surface area contributed by atoms with Gasteiger partial charge in [-0.05, 0) is 76.1 Å². The Morgan fingerprint density at radius 2 is 1.80 bits per heavy atom. The SMILES string of the molecule is C=C[C@@H]1C[C@]1(NC(=O)[C@@H]1C[C@@H](Oc2nccc3cc(OC)ccc23)CN1C(=O)[C@H](CCC(=O)C(C)(C)C)NC(=O)OC(C)(C)C)C(=O)NS(=O)(=O)C1CC1. The zero-order chi connectivity index (χ0) is 39.8. The molecule has 0 radical (unpaired) electrons. The maximum atomic E-state index is 14.5. The number of carbonyl (C=O) groups excluding carboxylic acids is 5. The number of benzene rings is 1. The lowest BCUT2D eigenvalue weighted by molar-refractivity contribution is -0.141. The van der Waals surface area contributed by atoms with Crippen LogP contribution >= 0.6 is 0 Å². The average molecular weight is 770 g/mol. The van der Waals surface area contributed by atoms with Crippen molar-refractivity contribution < 1.29 is 46.6 Å². The predicted molar refractivity (Wildman–Crippen MR) is 199 cm³/mol. The molecule has 4 amide bonds. The molecule has 16 heteroatoms. The van der Waals surface area contributed by atoms with Crippen molar-refractivity contribution in [3.05, 3.63) is 43.1 Å². The molecule has 1 aliphatic heterocycles. The standard InChI is InChI=1S/C38H51N5O10S/c1-9-23-20-38(23,34(47)42-54(49,50)26-11-12-26)41-31(45)29-19-25(52-32-27-13-10-24(51-8)18-22(27)16-17-39-32)21-43(29)33(46)28(14-15-30(44)36(2,3)4)40-35(48)53-37(5,6)7/h9-10,13,16-18,23,25-26,28-29H,1,11-12,14-15,19-21H2,2-8H3,(H,40,48)(H,41,45)(H,42,47)/t23-,25-,28+,29+,38-/m1/s1. The summed E-state index contributed by atoms with van der Waals surface area (Å²) in [6.07, 6.45) is 2.18. The van der Waals surface area contributed by atoms with Crippen molar-refractivity contribution in [1.82, 2.24) is 25.2 Å². The zero-order valence-corrected chi connectivity index (χ0v) is 32.7. The zero-order valence-electron chi connectivity index (χ0n) is 31.9. The Balaban J connectivity index is 1.45. The number of hydrogen-bond donors (Lipinski definition) is 3. The van der Waals surface area contributed by atoms with E-state index in [1.807, 2.05) is 6.07 Å². The highest BCUT2D eigenvalue weighted by atomic mass is 32.2. The maximum Gasteiger partial charge on any atom is 0.408 e. The van der Waals surface area contributed by atoms with Gasteiger partial charge in [0.05, 0.1) is 18.9 Å². The fourth-order valence-electron chi connectivity index (χ4n) is 6.46. The number of alkyl carbamates (subject to hydrolysis) is 1. The number of carbonyl (C=O) groups is 5. The third kappa shape index (κ3) is 9.31. The molecular weight excluding hydrogens is 719 g/mol. The topological polar surface area (TPSA) is 199 Å². The third-order valence-corrected chi connectivity index (χ3v) is 11.6. The van der Waals surface area contributed by atoms with Crippen LogP contribution in [0.4, 0.5) is 4.79 Å². The van der Waals surface area contributed by atoms with Crippen molar-refractivity contribution in [2.24, 2.45) is 11.3 Å². The quantitative estimate of drug-likeness (QED) is 0.238. The van der Waals surface area contributed by atoms with Gasteiger partial charge in [0.25, 0.3) is 5.91 Å². The van der Waals surface area contributed by atoms with Crippen LogP contribution in [0.3, 0.4) is 0 Å². The molecule has 294 valence electrons. The molecule has 2 heterocycles. The fourth-order valence-corrected chi connectivity index (χ4v) is 7.82. The van der Waals surface area contributed by atoms with Gasteiger partial charge in [-0.3, -0.25) is 23.9 Å². The Hall–Kier alpha value is -4.73. The Kier molecular flexibility index (Phi) is 11.4. The van der Waals surface area contributed by atoms with E-state index in [9.17, 15) is 32.4 Å². The number of pyridine rings is 1. The summed E-state index contributed by atoms with van der Waals surface area (Å²) in [5, 5.41) is 6.13. The second-order valence-electron chi connectivity index (χ2n) is 16.3. The van der Waals surface area contributed by atoms with Gasteiger partial charge in [-0.1, -0.05) is 26.8 Å². The first-order chi connectivity index (χ1) is 25.2. The summed E-state index contributed by atoms with van der Waals surface area (Å²) in [5.74, 6) is -2.09. The van der Waals surface area contributed by atoms with E-state index in [0.717, 1.165) is 5.39 Å². The Labute approximate surface area is 316 Å². The third-order valence-electron chi connectivity index (χ3n) is 9.80.